The molecule has 4 nitrogen and oxygen atoms in total. The van der Waals surface area contributed by atoms with Crippen LogP contribution < -0.4 is 9.03 Å². The summed E-state index contributed by atoms with van der Waals surface area (Å²) in [7, 11) is 0. The molecule has 0 aliphatic carbocycles. The van der Waals surface area contributed by atoms with Crippen LogP contribution in [-0.4, -0.2) is 25.2 Å². The van der Waals surface area contributed by atoms with Crippen LogP contribution in [0.1, 0.15) is 36.0 Å². The molecular weight excluding hydrogens is 444 g/mol. The van der Waals surface area contributed by atoms with Gasteiger partial charge in [-0.2, -0.15) is 0 Å². The Labute approximate surface area is 205 Å². The Morgan fingerprint density at radius 3 is 2.76 bits per heavy atom. The monoisotopic (exact) mass is 474 g/mol. The molecule has 0 unspecified atom stereocenters. The zero-order chi connectivity index (χ0) is 22.9. The summed E-state index contributed by atoms with van der Waals surface area (Å²) in [5, 5.41) is 0. The lowest BCUT2D eigenvalue weighted by atomic mass is 10.1. The summed E-state index contributed by atoms with van der Waals surface area (Å²) in [4.78, 5) is 9.91. The van der Waals surface area contributed by atoms with Gasteiger partial charge in [0.25, 0.3) is 0 Å². The van der Waals surface area contributed by atoms with E-state index in [1.165, 1.54) is 46.7 Å². The van der Waals surface area contributed by atoms with Crippen molar-refractivity contribution in [1.29, 1.82) is 0 Å². The van der Waals surface area contributed by atoms with Gasteiger partial charge in [-0.25, -0.2) is 0 Å². The van der Waals surface area contributed by atoms with Crippen LogP contribution in [0.25, 0.3) is 0 Å². The number of anilines is 2. The summed E-state index contributed by atoms with van der Waals surface area (Å²) < 4.78 is 5.92. The SMILES string of the molecule is C=Nc1ccccc1C=NCc1cc(NSc2ccc(N3CCCCCS3)cc2)ccc1C. The molecule has 0 saturated carbocycles. The van der Waals surface area contributed by atoms with Crippen molar-refractivity contribution < 1.29 is 0 Å². The summed E-state index contributed by atoms with van der Waals surface area (Å²) >= 11 is 3.59. The Morgan fingerprint density at radius 1 is 1.06 bits per heavy atom. The van der Waals surface area contributed by atoms with E-state index in [-0.39, 0.29) is 0 Å². The molecule has 3 aromatic rings. The minimum absolute atomic E-state index is 0.625. The Balaban J connectivity index is 1.35. The third-order valence-corrected chi connectivity index (χ3v) is 7.63. The van der Waals surface area contributed by atoms with Crippen LogP contribution in [0.15, 0.2) is 81.6 Å². The summed E-state index contributed by atoms with van der Waals surface area (Å²) in [6.45, 7) is 7.52. The molecule has 1 N–H and O–H groups in total. The van der Waals surface area contributed by atoms with E-state index < -0.39 is 0 Å². The van der Waals surface area contributed by atoms with E-state index in [2.05, 4.69) is 75.1 Å². The molecule has 0 amide bonds. The van der Waals surface area contributed by atoms with Crippen molar-refractivity contribution in [3.05, 3.63) is 83.4 Å². The first-order valence-corrected chi connectivity index (χ1v) is 13.1. The highest BCUT2D eigenvalue weighted by Crippen LogP contribution is 2.30. The molecule has 0 aromatic heterocycles. The van der Waals surface area contributed by atoms with Crippen molar-refractivity contribution in [2.45, 2.75) is 37.6 Å². The number of para-hydroxylation sites is 1. The molecule has 1 fully saturated rings. The lowest BCUT2D eigenvalue weighted by molar-refractivity contribution is 0.751. The normalized spacial score (nSPS) is 14.3. The van der Waals surface area contributed by atoms with Gasteiger partial charge >= 0.3 is 0 Å². The predicted octanol–water partition coefficient (Wildman–Crippen LogP) is 7.70. The van der Waals surface area contributed by atoms with E-state index >= 15 is 0 Å². The zero-order valence-corrected chi connectivity index (χ0v) is 20.7. The van der Waals surface area contributed by atoms with Gasteiger partial charge < -0.3 is 9.03 Å². The average molecular weight is 475 g/mol. The van der Waals surface area contributed by atoms with Crippen LogP contribution in [0, 0.1) is 6.92 Å². The molecule has 1 aliphatic rings. The van der Waals surface area contributed by atoms with Gasteiger partial charge in [-0.3, -0.25) is 9.98 Å². The van der Waals surface area contributed by atoms with Crippen LogP contribution in [0.4, 0.5) is 17.1 Å². The van der Waals surface area contributed by atoms with Gasteiger partial charge in [-0.1, -0.05) is 30.7 Å². The number of rotatable bonds is 8. The molecule has 1 aliphatic heterocycles. The van der Waals surface area contributed by atoms with Crippen LogP contribution in [0.3, 0.4) is 0 Å². The van der Waals surface area contributed by atoms with Gasteiger partial charge in [0.1, 0.15) is 0 Å². The molecule has 33 heavy (non-hydrogen) atoms. The predicted molar refractivity (Wildman–Crippen MR) is 148 cm³/mol. The number of hydrogen-bond acceptors (Lipinski definition) is 6. The smallest absolute Gasteiger partial charge is 0.0710 e. The quantitative estimate of drug-likeness (QED) is 0.268. The van der Waals surface area contributed by atoms with Crippen LogP contribution >= 0.6 is 23.9 Å². The van der Waals surface area contributed by atoms with Crippen LogP contribution in [0.2, 0.25) is 0 Å². The van der Waals surface area contributed by atoms with Crippen molar-refractivity contribution in [1.82, 2.24) is 0 Å². The number of hydrogen-bond donors (Lipinski definition) is 1. The molecule has 0 spiro atoms. The summed E-state index contributed by atoms with van der Waals surface area (Å²) in [5.74, 6) is 1.22. The summed E-state index contributed by atoms with van der Waals surface area (Å²) in [6, 6.07) is 23.2. The standard InChI is InChI=1S/C27H30N4S2/c1-21-10-11-24(18-23(21)20-29-19-22-8-4-5-9-27(22)28-2)30-33-26-14-12-25(13-15-26)31-16-6-3-7-17-32-31/h4-5,8-15,18-19,30H,2-3,6-7,16-17,20H2,1H3. The van der Waals surface area contributed by atoms with Gasteiger partial charge in [0.05, 0.1) is 12.2 Å². The first kappa shape index (κ1) is 23.5. The minimum Gasteiger partial charge on any atom is -0.326 e. The second kappa shape index (κ2) is 12.0. The fraction of sp³-hybridized carbons (Fsp3) is 0.259. The van der Waals surface area contributed by atoms with E-state index in [1.807, 2.05) is 42.4 Å². The molecule has 6 heteroatoms. The van der Waals surface area contributed by atoms with Gasteiger partial charge in [0.2, 0.25) is 0 Å². The lowest BCUT2D eigenvalue weighted by Crippen LogP contribution is -2.14. The second-order valence-corrected chi connectivity index (χ2v) is 10.0. The topological polar surface area (TPSA) is 40.0 Å². The molecule has 1 saturated heterocycles. The lowest BCUT2D eigenvalue weighted by Gasteiger charge is -2.21. The van der Waals surface area contributed by atoms with Gasteiger partial charge in [-0.05, 0) is 104 Å². The van der Waals surface area contributed by atoms with E-state index in [1.54, 1.807) is 11.9 Å². The summed E-state index contributed by atoms with van der Waals surface area (Å²) in [6.07, 6.45) is 5.82. The van der Waals surface area contributed by atoms with Gasteiger partial charge in [-0.15, -0.1) is 0 Å². The van der Waals surface area contributed by atoms with Crippen molar-refractivity contribution >= 4 is 53.9 Å². The maximum Gasteiger partial charge on any atom is 0.0710 e. The highest BCUT2D eigenvalue weighted by molar-refractivity contribution is 8.00. The summed E-state index contributed by atoms with van der Waals surface area (Å²) in [5.41, 5.74) is 6.65. The Kier molecular flexibility index (Phi) is 8.50. The fourth-order valence-corrected chi connectivity index (χ4v) is 5.38. The number of aliphatic imine (C=N–C) groups is 2. The van der Waals surface area contributed by atoms with E-state index in [4.69, 9.17) is 0 Å². The molecular formula is C27H30N4S2. The second-order valence-electron chi connectivity index (χ2n) is 8.02. The number of nitrogens with one attached hydrogen (secondary N) is 1. The zero-order valence-electron chi connectivity index (χ0n) is 19.0. The fourth-order valence-electron chi connectivity index (χ4n) is 3.66. The van der Waals surface area contributed by atoms with Gasteiger partial charge in [0.15, 0.2) is 0 Å². The Morgan fingerprint density at radius 2 is 1.91 bits per heavy atom. The van der Waals surface area contributed by atoms with E-state index in [0.717, 1.165) is 23.5 Å². The highest BCUT2D eigenvalue weighted by Gasteiger charge is 2.10. The highest BCUT2D eigenvalue weighted by atomic mass is 32.2. The first-order chi connectivity index (χ1) is 16.2. The average Bonchev–Trinajstić information content (AvgIpc) is 3.15. The Bertz CT molecular complexity index is 1090. The van der Waals surface area contributed by atoms with E-state index in [9.17, 15) is 0 Å². The molecule has 3 aromatic carbocycles. The molecule has 0 radical (unpaired) electrons. The van der Waals surface area contributed by atoms with Crippen LogP contribution in [-0.2, 0) is 6.54 Å². The minimum atomic E-state index is 0.625. The van der Waals surface area contributed by atoms with Gasteiger partial charge in [0, 0.05) is 40.3 Å². The maximum absolute atomic E-state index is 4.65. The van der Waals surface area contributed by atoms with Crippen molar-refractivity contribution in [2.24, 2.45) is 9.98 Å². The van der Waals surface area contributed by atoms with Crippen molar-refractivity contribution in [3.63, 3.8) is 0 Å². The number of benzene rings is 3. The molecule has 0 atom stereocenters. The van der Waals surface area contributed by atoms with E-state index in [0.29, 0.717) is 6.54 Å². The third-order valence-electron chi connectivity index (χ3n) is 5.61. The van der Waals surface area contributed by atoms with Crippen molar-refractivity contribution in [2.75, 3.05) is 21.3 Å². The maximum atomic E-state index is 4.65. The Hall–Kier alpha value is -2.70. The van der Waals surface area contributed by atoms with Crippen LogP contribution in [0.5, 0.6) is 0 Å². The molecule has 170 valence electrons. The number of nitrogens with zero attached hydrogens (tertiary/aromatic N) is 3. The number of aryl methyl sites for hydroxylation is 1. The third kappa shape index (κ3) is 6.65. The van der Waals surface area contributed by atoms with Crippen molar-refractivity contribution in [3.8, 4) is 0 Å². The molecule has 4 rings (SSSR count). The first-order valence-electron chi connectivity index (χ1n) is 11.3. The molecule has 0 bridgehead atoms. The largest absolute Gasteiger partial charge is 0.326 e. The molecule has 1 heterocycles.